The van der Waals surface area contributed by atoms with Crippen molar-refractivity contribution in [2.75, 3.05) is 19.6 Å². The first-order chi connectivity index (χ1) is 11.3. The quantitative estimate of drug-likeness (QED) is 0.891. The van der Waals surface area contributed by atoms with E-state index in [4.69, 9.17) is 0 Å². The summed E-state index contributed by atoms with van der Waals surface area (Å²) in [6, 6.07) is 9.90. The second-order valence-corrected chi connectivity index (χ2v) is 6.34. The van der Waals surface area contributed by atoms with Gasteiger partial charge in [-0.1, -0.05) is 12.1 Å². The lowest BCUT2D eigenvalue weighted by molar-refractivity contribution is 0.0558. The van der Waals surface area contributed by atoms with Crippen LogP contribution in [0.25, 0.3) is 0 Å². The van der Waals surface area contributed by atoms with Crippen molar-refractivity contribution in [1.82, 2.24) is 14.9 Å². The summed E-state index contributed by atoms with van der Waals surface area (Å²) in [5, 5.41) is 10.5. The Balaban J connectivity index is 1.40. The van der Waals surface area contributed by atoms with Crippen molar-refractivity contribution in [2.24, 2.45) is 5.92 Å². The first kappa shape index (κ1) is 16.1. The molecule has 2 aromatic rings. The zero-order valence-corrected chi connectivity index (χ0v) is 13.5. The molecule has 2 aromatic heterocycles. The SMILES string of the molecule is OC(c1ccccn1)C1CCN(CCCc2cccnc2)CC1. The number of likely N-dealkylation sites (tertiary alicyclic amines) is 1. The molecular formula is C19H25N3O. The van der Waals surface area contributed by atoms with E-state index in [-0.39, 0.29) is 0 Å². The number of pyridine rings is 2. The second-order valence-electron chi connectivity index (χ2n) is 6.34. The van der Waals surface area contributed by atoms with Crippen LogP contribution in [0, 0.1) is 5.92 Å². The predicted octanol–water partition coefficient (Wildman–Crippen LogP) is 2.85. The molecular weight excluding hydrogens is 286 g/mol. The number of aryl methyl sites for hydroxylation is 1. The summed E-state index contributed by atoms with van der Waals surface area (Å²) in [5.41, 5.74) is 2.12. The molecule has 0 aromatic carbocycles. The molecule has 1 aliphatic rings. The molecule has 4 heteroatoms. The highest BCUT2D eigenvalue weighted by Gasteiger charge is 2.26. The molecule has 0 spiro atoms. The van der Waals surface area contributed by atoms with Gasteiger partial charge in [0.2, 0.25) is 0 Å². The van der Waals surface area contributed by atoms with Gasteiger partial charge in [0.1, 0.15) is 0 Å². The van der Waals surface area contributed by atoms with Crippen molar-refractivity contribution >= 4 is 0 Å². The van der Waals surface area contributed by atoms with Crippen LogP contribution in [0.1, 0.15) is 36.6 Å². The Bertz CT molecular complexity index is 568. The van der Waals surface area contributed by atoms with Crippen molar-refractivity contribution in [2.45, 2.75) is 31.8 Å². The van der Waals surface area contributed by atoms with Crippen molar-refractivity contribution in [3.63, 3.8) is 0 Å². The van der Waals surface area contributed by atoms with Crippen molar-refractivity contribution < 1.29 is 5.11 Å². The predicted molar refractivity (Wildman–Crippen MR) is 90.9 cm³/mol. The Labute approximate surface area is 138 Å². The molecule has 0 saturated carbocycles. The van der Waals surface area contributed by atoms with Crippen LogP contribution >= 0.6 is 0 Å². The maximum atomic E-state index is 10.5. The summed E-state index contributed by atoms with van der Waals surface area (Å²) in [4.78, 5) is 11.0. The minimum absolute atomic E-state index is 0.333. The summed E-state index contributed by atoms with van der Waals surface area (Å²) in [6.07, 6.45) is 9.45. The van der Waals surface area contributed by atoms with Crippen LogP contribution in [-0.4, -0.2) is 39.6 Å². The van der Waals surface area contributed by atoms with Crippen molar-refractivity contribution in [3.05, 3.63) is 60.2 Å². The monoisotopic (exact) mass is 311 g/mol. The molecule has 3 rings (SSSR count). The summed E-state index contributed by atoms with van der Waals surface area (Å²) in [6.45, 7) is 3.27. The topological polar surface area (TPSA) is 49.3 Å². The van der Waals surface area contributed by atoms with Crippen LogP contribution in [0.15, 0.2) is 48.9 Å². The zero-order valence-electron chi connectivity index (χ0n) is 13.5. The van der Waals surface area contributed by atoms with Gasteiger partial charge in [-0.25, -0.2) is 0 Å². The number of aliphatic hydroxyl groups excluding tert-OH is 1. The third-order valence-corrected chi connectivity index (χ3v) is 4.73. The van der Waals surface area contributed by atoms with Crippen LogP contribution in [0.4, 0.5) is 0 Å². The lowest BCUT2D eigenvalue weighted by atomic mass is 9.89. The minimum Gasteiger partial charge on any atom is -0.387 e. The van der Waals surface area contributed by atoms with E-state index in [1.165, 1.54) is 12.0 Å². The normalized spacial score (nSPS) is 18.0. The molecule has 23 heavy (non-hydrogen) atoms. The molecule has 3 heterocycles. The fourth-order valence-electron chi connectivity index (χ4n) is 3.34. The lowest BCUT2D eigenvalue weighted by Gasteiger charge is -2.34. The van der Waals surface area contributed by atoms with Gasteiger partial charge in [0.05, 0.1) is 11.8 Å². The minimum atomic E-state index is -0.422. The van der Waals surface area contributed by atoms with Gasteiger partial charge in [0.15, 0.2) is 0 Å². The zero-order chi connectivity index (χ0) is 15.9. The van der Waals surface area contributed by atoms with Crippen LogP contribution in [0.3, 0.4) is 0 Å². The third kappa shape index (κ3) is 4.60. The highest BCUT2D eigenvalue weighted by molar-refractivity contribution is 5.09. The number of aliphatic hydroxyl groups is 1. The van der Waals surface area contributed by atoms with E-state index in [1.807, 2.05) is 36.7 Å². The molecule has 1 atom stereocenters. The fraction of sp³-hybridized carbons (Fsp3) is 0.474. The molecule has 1 saturated heterocycles. The lowest BCUT2D eigenvalue weighted by Crippen LogP contribution is -2.36. The molecule has 0 radical (unpaired) electrons. The van der Waals surface area contributed by atoms with E-state index in [9.17, 15) is 5.11 Å². The van der Waals surface area contributed by atoms with Crippen LogP contribution in [-0.2, 0) is 6.42 Å². The number of hydrogen-bond donors (Lipinski definition) is 1. The van der Waals surface area contributed by atoms with Gasteiger partial charge in [-0.05, 0) is 75.0 Å². The van der Waals surface area contributed by atoms with Crippen LogP contribution < -0.4 is 0 Å². The van der Waals surface area contributed by atoms with E-state index >= 15 is 0 Å². The maximum Gasteiger partial charge on any atom is 0.0988 e. The van der Waals surface area contributed by atoms with E-state index in [1.54, 1.807) is 6.20 Å². The molecule has 1 unspecified atom stereocenters. The summed E-state index contributed by atoms with van der Waals surface area (Å²) < 4.78 is 0. The maximum absolute atomic E-state index is 10.5. The first-order valence-corrected chi connectivity index (χ1v) is 8.53. The van der Waals surface area contributed by atoms with E-state index < -0.39 is 6.10 Å². The second kappa shape index (κ2) is 8.18. The highest BCUT2D eigenvalue weighted by atomic mass is 16.3. The Morgan fingerprint density at radius 1 is 1.13 bits per heavy atom. The number of nitrogens with zero attached hydrogens (tertiary/aromatic N) is 3. The number of piperidine rings is 1. The van der Waals surface area contributed by atoms with Crippen LogP contribution in [0.2, 0.25) is 0 Å². The third-order valence-electron chi connectivity index (χ3n) is 4.73. The smallest absolute Gasteiger partial charge is 0.0988 e. The molecule has 1 fully saturated rings. The van der Waals surface area contributed by atoms with Crippen molar-refractivity contribution in [3.8, 4) is 0 Å². The molecule has 0 aliphatic carbocycles. The van der Waals surface area contributed by atoms with Gasteiger partial charge in [-0.15, -0.1) is 0 Å². The highest BCUT2D eigenvalue weighted by Crippen LogP contribution is 2.29. The molecule has 1 aliphatic heterocycles. The molecule has 1 N–H and O–H groups in total. The number of hydrogen-bond acceptors (Lipinski definition) is 4. The Kier molecular flexibility index (Phi) is 5.72. The molecule has 0 amide bonds. The molecule has 0 bridgehead atoms. The number of rotatable bonds is 6. The summed E-state index contributed by atoms with van der Waals surface area (Å²) in [7, 11) is 0. The summed E-state index contributed by atoms with van der Waals surface area (Å²) in [5.74, 6) is 0.333. The van der Waals surface area contributed by atoms with Gasteiger partial charge in [0, 0.05) is 18.6 Å². The molecule has 122 valence electrons. The first-order valence-electron chi connectivity index (χ1n) is 8.53. The van der Waals surface area contributed by atoms with Gasteiger partial charge in [-0.3, -0.25) is 9.97 Å². The molecule has 4 nitrogen and oxygen atoms in total. The van der Waals surface area contributed by atoms with Crippen LogP contribution in [0.5, 0.6) is 0 Å². The van der Waals surface area contributed by atoms with Gasteiger partial charge < -0.3 is 10.0 Å². The van der Waals surface area contributed by atoms with Gasteiger partial charge in [0.25, 0.3) is 0 Å². The van der Waals surface area contributed by atoms with E-state index in [0.717, 1.165) is 44.6 Å². The number of aromatic nitrogens is 2. The Hall–Kier alpha value is -1.78. The average molecular weight is 311 g/mol. The van der Waals surface area contributed by atoms with Gasteiger partial charge in [-0.2, -0.15) is 0 Å². The standard InChI is InChI=1S/C19H25N3O/c23-19(18-7-1-2-11-21-18)17-8-13-22(14-9-17)12-4-6-16-5-3-10-20-15-16/h1-3,5,7,10-11,15,17,19,23H,4,6,8-9,12-14H2. The van der Waals surface area contributed by atoms with Gasteiger partial charge >= 0.3 is 0 Å². The van der Waals surface area contributed by atoms with Crippen molar-refractivity contribution in [1.29, 1.82) is 0 Å². The van der Waals surface area contributed by atoms with E-state index in [0.29, 0.717) is 5.92 Å². The fourth-order valence-corrected chi connectivity index (χ4v) is 3.34. The Morgan fingerprint density at radius 3 is 2.70 bits per heavy atom. The largest absolute Gasteiger partial charge is 0.387 e. The average Bonchev–Trinajstić information content (AvgIpc) is 2.63. The van der Waals surface area contributed by atoms with E-state index in [2.05, 4.69) is 20.9 Å². The Morgan fingerprint density at radius 2 is 2.00 bits per heavy atom. The summed E-state index contributed by atoms with van der Waals surface area (Å²) >= 11 is 0.